The number of hydrogen-bond acceptors (Lipinski definition) is 6. The van der Waals surface area contributed by atoms with E-state index in [0.717, 1.165) is 49.0 Å². The highest BCUT2D eigenvalue weighted by molar-refractivity contribution is 6.12. The summed E-state index contributed by atoms with van der Waals surface area (Å²) in [6, 6.07) is 23.3. The van der Waals surface area contributed by atoms with E-state index in [2.05, 4.69) is 15.3 Å². The number of aromatic nitrogens is 3. The molecule has 1 saturated heterocycles. The maximum absolute atomic E-state index is 13.5. The molecule has 8 heteroatoms. The fourth-order valence-electron chi connectivity index (χ4n) is 4.43. The van der Waals surface area contributed by atoms with Crippen molar-refractivity contribution in [1.29, 1.82) is 0 Å². The van der Waals surface area contributed by atoms with Gasteiger partial charge in [0.05, 0.1) is 42.3 Å². The summed E-state index contributed by atoms with van der Waals surface area (Å²) < 4.78 is 12.7. The predicted molar refractivity (Wildman–Crippen MR) is 138 cm³/mol. The Labute approximate surface area is 208 Å². The minimum absolute atomic E-state index is 0.212. The van der Waals surface area contributed by atoms with Gasteiger partial charge in [-0.15, -0.1) is 0 Å². The SMILES string of the molecule is O=C(Nc1ccc(N2CCOCC2)cc1)c1cc(-c2ccccc2)nc2c1cnn2Cc1ccco1. The van der Waals surface area contributed by atoms with Crippen LogP contribution in [0.5, 0.6) is 0 Å². The maximum atomic E-state index is 13.5. The number of ether oxygens (including phenoxy) is 1. The Kier molecular flexibility index (Phi) is 5.93. The number of nitrogens with zero attached hydrogens (tertiary/aromatic N) is 4. The second kappa shape index (κ2) is 9.67. The second-order valence-corrected chi connectivity index (χ2v) is 8.64. The number of morpholine rings is 1. The van der Waals surface area contributed by atoms with Crippen molar-refractivity contribution < 1.29 is 13.9 Å². The molecule has 6 rings (SSSR count). The third-order valence-corrected chi connectivity index (χ3v) is 6.31. The van der Waals surface area contributed by atoms with Gasteiger partial charge in [0.1, 0.15) is 12.3 Å². The lowest BCUT2D eigenvalue weighted by Gasteiger charge is -2.28. The van der Waals surface area contributed by atoms with Crippen molar-refractivity contribution in [3.63, 3.8) is 0 Å². The van der Waals surface area contributed by atoms with Crippen molar-refractivity contribution in [2.45, 2.75) is 6.54 Å². The first kappa shape index (κ1) is 22.1. The zero-order valence-electron chi connectivity index (χ0n) is 19.6. The first-order valence-corrected chi connectivity index (χ1v) is 11.9. The number of nitrogens with one attached hydrogen (secondary N) is 1. The maximum Gasteiger partial charge on any atom is 0.256 e. The number of hydrogen-bond donors (Lipinski definition) is 1. The topological polar surface area (TPSA) is 85.4 Å². The van der Waals surface area contributed by atoms with Gasteiger partial charge in [-0.25, -0.2) is 9.67 Å². The molecule has 0 saturated carbocycles. The third kappa shape index (κ3) is 4.46. The van der Waals surface area contributed by atoms with E-state index >= 15 is 0 Å². The Balaban J connectivity index is 1.33. The van der Waals surface area contributed by atoms with Crippen LogP contribution in [-0.4, -0.2) is 47.0 Å². The van der Waals surface area contributed by atoms with Crippen LogP contribution < -0.4 is 10.2 Å². The van der Waals surface area contributed by atoms with Crippen LogP contribution >= 0.6 is 0 Å². The Bertz CT molecular complexity index is 1470. The standard InChI is InChI=1S/C28H25N5O3/c34-28(30-21-8-10-22(11-9-21)32-12-15-35-16-13-32)24-17-26(20-5-2-1-3-6-20)31-27-25(24)18-29-33(27)19-23-7-4-14-36-23/h1-11,14,17-18H,12-13,15-16,19H2,(H,30,34). The van der Waals surface area contributed by atoms with Crippen molar-refractivity contribution >= 4 is 28.3 Å². The molecule has 180 valence electrons. The van der Waals surface area contributed by atoms with Gasteiger partial charge in [-0.2, -0.15) is 5.10 Å². The van der Waals surface area contributed by atoms with Crippen LogP contribution in [0.4, 0.5) is 11.4 Å². The highest BCUT2D eigenvalue weighted by Gasteiger charge is 2.19. The van der Waals surface area contributed by atoms with E-state index in [4.69, 9.17) is 14.1 Å². The van der Waals surface area contributed by atoms with Crippen LogP contribution in [0, 0.1) is 0 Å². The van der Waals surface area contributed by atoms with Gasteiger partial charge in [0.25, 0.3) is 5.91 Å². The van der Waals surface area contributed by atoms with Crippen molar-refractivity contribution in [2.24, 2.45) is 0 Å². The molecule has 36 heavy (non-hydrogen) atoms. The van der Waals surface area contributed by atoms with Gasteiger partial charge in [-0.1, -0.05) is 30.3 Å². The molecule has 8 nitrogen and oxygen atoms in total. The molecule has 0 unspecified atom stereocenters. The normalized spacial score (nSPS) is 13.7. The molecule has 0 spiro atoms. The fraction of sp³-hybridized carbons (Fsp3) is 0.179. The average Bonchev–Trinajstić information content (AvgIpc) is 3.60. The monoisotopic (exact) mass is 479 g/mol. The van der Waals surface area contributed by atoms with Gasteiger partial charge in [-0.05, 0) is 42.5 Å². The molecule has 3 aromatic heterocycles. The summed E-state index contributed by atoms with van der Waals surface area (Å²) in [6.07, 6.45) is 3.32. The highest BCUT2D eigenvalue weighted by atomic mass is 16.5. The smallest absolute Gasteiger partial charge is 0.256 e. The molecule has 1 fully saturated rings. The molecule has 0 bridgehead atoms. The number of rotatable bonds is 6. The Morgan fingerprint density at radius 3 is 2.53 bits per heavy atom. The van der Waals surface area contributed by atoms with Crippen LogP contribution in [0.3, 0.4) is 0 Å². The predicted octanol–water partition coefficient (Wildman–Crippen LogP) is 4.83. The summed E-state index contributed by atoms with van der Waals surface area (Å²) in [4.78, 5) is 20.6. The molecule has 4 heterocycles. The minimum atomic E-state index is -0.212. The highest BCUT2D eigenvalue weighted by Crippen LogP contribution is 2.27. The lowest BCUT2D eigenvalue weighted by atomic mass is 10.1. The first-order chi connectivity index (χ1) is 17.7. The van der Waals surface area contributed by atoms with E-state index in [-0.39, 0.29) is 5.91 Å². The van der Waals surface area contributed by atoms with Crippen LogP contribution in [0.1, 0.15) is 16.1 Å². The molecule has 1 amide bonds. The Hall–Kier alpha value is -4.43. The second-order valence-electron chi connectivity index (χ2n) is 8.64. The van der Waals surface area contributed by atoms with E-state index in [1.807, 2.05) is 72.8 Å². The van der Waals surface area contributed by atoms with Crippen LogP contribution in [-0.2, 0) is 11.3 Å². The van der Waals surface area contributed by atoms with E-state index in [0.29, 0.717) is 28.8 Å². The summed E-state index contributed by atoms with van der Waals surface area (Å²) in [5, 5.41) is 8.25. The molecular weight excluding hydrogens is 454 g/mol. The third-order valence-electron chi connectivity index (χ3n) is 6.31. The first-order valence-electron chi connectivity index (χ1n) is 11.9. The Morgan fingerprint density at radius 1 is 0.972 bits per heavy atom. The van der Waals surface area contributed by atoms with Crippen LogP contribution in [0.2, 0.25) is 0 Å². The zero-order valence-corrected chi connectivity index (χ0v) is 19.6. The molecule has 0 aliphatic carbocycles. The number of anilines is 2. The number of benzene rings is 2. The molecule has 0 radical (unpaired) electrons. The van der Waals surface area contributed by atoms with Crippen molar-refractivity contribution in [3.05, 3.63) is 96.6 Å². The number of amides is 1. The molecular formula is C28H25N5O3. The summed E-state index contributed by atoms with van der Waals surface area (Å²) in [5.74, 6) is 0.550. The molecule has 1 N–H and O–H groups in total. The summed E-state index contributed by atoms with van der Waals surface area (Å²) in [6.45, 7) is 3.61. The zero-order chi connectivity index (χ0) is 24.3. The summed E-state index contributed by atoms with van der Waals surface area (Å²) in [5.41, 5.74) is 4.62. The average molecular weight is 480 g/mol. The lowest BCUT2D eigenvalue weighted by Crippen LogP contribution is -2.36. The fourth-order valence-corrected chi connectivity index (χ4v) is 4.43. The van der Waals surface area contributed by atoms with Gasteiger partial charge in [0.15, 0.2) is 5.65 Å². The summed E-state index contributed by atoms with van der Waals surface area (Å²) >= 11 is 0. The Morgan fingerprint density at radius 2 is 1.78 bits per heavy atom. The van der Waals surface area contributed by atoms with E-state index in [1.54, 1.807) is 17.1 Å². The van der Waals surface area contributed by atoms with Gasteiger partial charge in [0, 0.05) is 30.0 Å². The molecule has 1 aliphatic heterocycles. The molecule has 0 atom stereocenters. The van der Waals surface area contributed by atoms with E-state index in [1.165, 1.54) is 0 Å². The largest absolute Gasteiger partial charge is 0.467 e. The van der Waals surface area contributed by atoms with Crippen LogP contribution in [0.15, 0.2) is 89.7 Å². The van der Waals surface area contributed by atoms with Crippen molar-refractivity contribution in [1.82, 2.24) is 14.8 Å². The van der Waals surface area contributed by atoms with Gasteiger partial charge >= 0.3 is 0 Å². The lowest BCUT2D eigenvalue weighted by molar-refractivity contribution is 0.102. The molecule has 1 aliphatic rings. The van der Waals surface area contributed by atoms with Crippen molar-refractivity contribution in [3.8, 4) is 11.3 Å². The van der Waals surface area contributed by atoms with Gasteiger partial charge < -0.3 is 19.4 Å². The van der Waals surface area contributed by atoms with Crippen molar-refractivity contribution in [2.75, 3.05) is 36.5 Å². The number of carbonyl (C=O) groups excluding carboxylic acids is 1. The van der Waals surface area contributed by atoms with Crippen LogP contribution in [0.25, 0.3) is 22.3 Å². The van der Waals surface area contributed by atoms with Gasteiger partial charge in [-0.3, -0.25) is 4.79 Å². The summed E-state index contributed by atoms with van der Waals surface area (Å²) in [7, 11) is 0. The van der Waals surface area contributed by atoms with E-state index < -0.39 is 0 Å². The number of furan rings is 1. The van der Waals surface area contributed by atoms with E-state index in [9.17, 15) is 4.79 Å². The number of carbonyl (C=O) groups is 1. The molecule has 5 aromatic rings. The quantitative estimate of drug-likeness (QED) is 0.376. The number of fused-ring (bicyclic) bond motifs is 1. The number of pyridine rings is 1. The van der Waals surface area contributed by atoms with Gasteiger partial charge in [0.2, 0.25) is 0 Å². The molecule has 2 aromatic carbocycles. The minimum Gasteiger partial charge on any atom is -0.467 e.